The number of nitrogens with one attached hydrogen (secondary N) is 1. The van der Waals surface area contributed by atoms with E-state index in [-0.39, 0.29) is 5.25 Å². The van der Waals surface area contributed by atoms with Crippen molar-refractivity contribution in [3.8, 4) is 0 Å². The van der Waals surface area contributed by atoms with Crippen LogP contribution in [-0.4, -0.2) is 43.2 Å². The summed E-state index contributed by atoms with van der Waals surface area (Å²) in [4.78, 5) is 6.62. The molecular formula is C14H19N3O2S2. The zero-order valence-electron chi connectivity index (χ0n) is 11.9. The molecule has 1 saturated heterocycles. The Labute approximate surface area is 129 Å². The van der Waals surface area contributed by atoms with E-state index in [9.17, 15) is 8.42 Å². The van der Waals surface area contributed by atoms with Crippen LogP contribution in [0.15, 0.2) is 23.7 Å². The number of thiophene rings is 1. The lowest BCUT2D eigenvalue weighted by atomic mass is 10.2. The first kappa shape index (κ1) is 14.9. The topological polar surface area (TPSA) is 62.3 Å². The second-order valence-corrected chi connectivity index (χ2v) is 8.33. The maximum Gasteiger partial charge on any atom is 0.215 e. The molecule has 3 heterocycles. The average molecular weight is 325 g/mol. The van der Waals surface area contributed by atoms with Gasteiger partial charge in [-0.05, 0) is 36.0 Å². The number of rotatable bonds is 5. The number of sulfonamides is 1. The molecule has 0 radical (unpaired) electrons. The van der Waals surface area contributed by atoms with Crippen molar-refractivity contribution in [2.24, 2.45) is 0 Å². The predicted octanol–water partition coefficient (Wildman–Crippen LogP) is 1.81. The molecule has 1 unspecified atom stereocenters. The van der Waals surface area contributed by atoms with Gasteiger partial charge in [0.05, 0.1) is 15.5 Å². The minimum atomic E-state index is -3.17. The Bertz CT molecular complexity index is 727. The van der Waals surface area contributed by atoms with Crippen molar-refractivity contribution in [2.75, 3.05) is 19.6 Å². The van der Waals surface area contributed by atoms with E-state index in [0.29, 0.717) is 19.5 Å². The van der Waals surface area contributed by atoms with Gasteiger partial charge in [-0.2, -0.15) is 0 Å². The minimum absolute atomic E-state index is 0.295. The summed E-state index contributed by atoms with van der Waals surface area (Å²) in [5.74, 6) is 0. The standard InChI is InChI=1S/C14H19N3O2S2/c1-2-16-21(18,19)12-3-5-17(10-12)9-11-7-14-13(15-8-11)4-6-20-14/h4,6-8,12,16H,2-3,5,9-10H2,1H3. The fraction of sp³-hybridized carbons (Fsp3) is 0.500. The van der Waals surface area contributed by atoms with Crippen LogP contribution in [0.25, 0.3) is 10.2 Å². The van der Waals surface area contributed by atoms with Crippen LogP contribution < -0.4 is 4.72 Å². The third kappa shape index (κ3) is 3.26. The molecule has 1 atom stereocenters. The van der Waals surface area contributed by atoms with Crippen molar-refractivity contribution in [3.63, 3.8) is 0 Å². The van der Waals surface area contributed by atoms with Gasteiger partial charge in [0, 0.05) is 25.8 Å². The molecule has 1 aliphatic rings. The maximum atomic E-state index is 12.0. The summed E-state index contributed by atoms with van der Waals surface area (Å²) in [6.45, 7) is 4.44. The molecule has 1 aliphatic heterocycles. The molecule has 0 amide bonds. The molecule has 2 aromatic heterocycles. The highest BCUT2D eigenvalue weighted by molar-refractivity contribution is 7.90. The molecule has 0 spiro atoms. The molecule has 0 saturated carbocycles. The molecule has 0 aromatic carbocycles. The molecule has 114 valence electrons. The second kappa shape index (κ2) is 6.00. The highest BCUT2D eigenvalue weighted by Crippen LogP contribution is 2.22. The summed E-state index contributed by atoms with van der Waals surface area (Å²) in [6.07, 6.45) is 2.59. The average Bonchev–Trinajstić information content (AvgIpc) is 3.07. The van der Waals surface area contributed by atoms with E-state index in [1.807, 2.05) is 24.6 Å². The van der Waals surface area contributed by atoms with Gasteiger partial charge in [0.25, 0.3) is 0 Å². The molecule has 0 bridgehead atoms. The Balaban J connectivity index is 1.66. The Kier molecular flexibility index (Phi) is 4.26. The number of nitrogens with zero attached hydrogens (tertiary/aromatic N) is 2. The smallest absolute Gasteiger partial charge is 0.215 e. The summed E-state index contributed by atoms with van der Waals surface area (Å²) < 4.78 is 27.8. The van der Waals surface area contributed by atoms with Gasteiger partial charge in [-0.25, -0.2) is 13.1 Å². The van der Waals surface area contributed by atoms with Gasteiger partial charge in [-0.3, -0.25) is 9.88 Å². The van der Waals surface area contributed by atoms with Gasteiger partial charge in [0.1, 0.15) is 0 Å². The predicted molar refractivity (Wildman–Crippen MR) is 85.9 cm³/mol. The van der Waals surface area contributed by atoms with E-state index in [1.54, 1.807) is 11.3 Å². The Morgan fingerprint density at radius 1 is 1.52 bits per heavy atom. The Morgan fingerprint density at radius 2 is 2.38 bits per heavy atom. The number of aromatic nitrogens is 1. The molecular weight excluding hydrogens is 306 g/mol. The van der Waals surface area contributed by atoms with Gasteiger partial charge < -0.3 is 0 Å². The fourth-order valence-corrected chi connectivity index (χ4v) is 5.01. The van der Waals surface area contributed by atoms with Gasteiger partial charge in [0.15, 0.2) is 0 Å². The van der Waals surface area contributed by atoms with Gasteiger partial charge in [-0.15, -0.1) is 11.3 Å². The zero-order valence-corrected chi connectivity index (χ0v) is 13.6. The van der Waals surface area contributed by atoms with Crippen LogP contribution in [0.5, 0.6) is 0 Å². The van der Waals surface area contributed by atoms with Crippen molar-refractivity contribution in [3.05, 3.63) is 29.3 Å². The summed E-state index contributed by atoms with van der Waals surface area (Å²) >= 11 is 1.68. The van der Waals surface area contributed by atoms with Crippen molar-refractivity contribution in [1.82, 2.24) is 14.6 Å². The number of likely N-dealkylation sites (tertiary alicyclic amines) is 1. The number of fused-ring (bicyclic) bond motifs is 1. The van der Waals surface area contributed by atoms with Crippen LogP contribution in [0.3, 0.4) is 0 Å². The molecule has 2 aromatic rings. The first-order valence-electron chi connectivity index (χ1n) is 7.11. The van der Waals surface area contributed by atoms with Crippen molar-refractivity contribution in [2.45, 2.75) is 25.1 Å². The Hall–Kier alpha value is -1.02. The summed E-state index contributed by atoms with van der Waals surface area (Å²) in [6, 6.07) is 4.16. The number of hydrogen-bond acceptors (Lipinski definition) is 5. The third-order valence-electron chi connectivity index (χ3n) is 3.78. The Morgan fingerprint density at radius 3 is 3.19 bits per heavy atom. The monoisotopic (exact) mass is 325 g/mol. The number of pyridine rings is 1. The molecule has 7 heteroatoms. The molecule has 5 nitrogen and oxygen atoms in total. The summed E-state index contributed by atoms with van der Waals surface area (Å²) in [7, 11) is -3.17. The van der Waals surface area contributed by atoms with Crippen molar-refractivity contribution < 1.29 is 8.42 Å². The summed E-state index contributed by atoms with van der Waals surface area (Å²) in [5, 5.41) is 1.74. The lowest BCUT2D eigenvalue weighted by Gasteiger charge is -2.16. The van der Waals surface area contributed by atoms with Crippen LogP contribution in [0.1, 0.15) is 18.9 Å². The quantitative estimate of drug-likeness (QED) is 0.911. The third-order valence-corrected chi connectivity index (χ3v) is 6.59. The van der Waals surface area contributed by atoms with Crippen LogP contribution in [0.4, 0.5) is 0 Å². The van der Waals surface area contributed by atoms with Crippen LogP contribution in [0, 0.1) is 0 Å². The van der Waals surface area contributed by atoms with Gasteiger partial charge >= 0.3 is 0 Å². The van der Waals surface area contributed by atoms with Crippen LogP contribution >= 0.6 is 11.3 Å². The fourth-order valence-electron chi connectivity index (χ4n) is 2.74. The highest BCUT2D eigenvalue weighted by Gasteiger charge is 2.32. The minimum Gasteiger partial charge on any atom is -0.298 e. The second-order valence-electron chi connectivity index (χ2n) is 5.34. The van der Waals surface area contributed by atoms with E-state index in [0.717, 1.165) is 24.2 Å². The first-order valence-corrected chi connectivity index (χ1v) is 9.54. The van der Waals surface area contributed by atoms with E-state index in [1.165, 1.54) is 4.70 Å². The molecule has 1 fully saturated rings. The largest absolute Gasteiger partial charge is 0.298 e. The lowest BCUT2D eigenvalue weighted by molar-refractivity contribution is 0.331. The van der Waals surface area contributed by atoms with Crippen LogP contribution in [0.2, 0.25) is 0 Å². The van der Waals surface area contributed by atoms with Crippen molar-refractivity contribution in [1.29, 1.82) is 0 Å². The SMILES string of the molecule is CCNS(=O)(=O)C1CCN(Cc2cnc3ccsc3c2)C1. The maximum absolute atomic E-state index is 12.0. The van der Waals surface area contributed by atoms with Crippen LogP contribution in [-0.2, 0) is 16.6 Å². The first-order chi connectivity index (χ1) is 10.1. The number of hydrogen-bond donors (Lipinski definition) is 1. The van der Waals surface area contributed by atoms with E-state index >= 15 is 0 Å². The van der Waals surface area contributed by atoms with Gasteiger partial charge in [0.2, 0.25) is 10.0 Å². The van der Waals surface area contributed by atoms with Crippen molar-refractivity contribution >= 4 is 31.6 Å². The lowest BCUT2D eigenvalue weighted by Crippen LogP contribution is -2.36. The zero-order chi connectivity index (χ0) is 14.9. The normalized spacial score (nSPS) is 20.3. The van der Waals surface area contributed by atoms with E-state index in [4.69, 9.17) is 0 Å². The van der Waals surface area contributed by atoms with E-state index < -0.39 is 10.0 Å². The van der Waals surface area contributed by atoms with Gasteiger partial charge in [-0.1, -0.05) is 6.92 Å². The summed E-state index contributed by atoms with van der Waals surface area (Å²) in [5.41, 5.74) is 2.17. The molecule has 21 heavy (non-hydrogen) atoms. The molecule has 0 aliphatic carbocycles. The molecule has 1 N–H and O–H groups in total. The van der Waals surface area contributed by atoms with E-state index in [2.05, 4.69) is 20.7 Å². The molecule has 3 rings (SSSR count). The highest BCUT2D eigenvalue weighted by atomic mass is 32.2.